The second kappa shape index (κ2) is 7.06. The summed E-state index contributed by atoms with van der Waals surface area (Å²) in [5.41, 5.74) is 2.16. The molecule has 0 fully saturated rings. The van der Waals surface area contributed by atoms with Crippen molar-refractivity contribution in [1.29, 1.82) is 0 Å². The lowest BCUT2D eigenvalue weighted by Gasteiger charge is -2.09. The van der Waals surface area contributed by atoms with E-state index in [4.69, 9.17) is 4.84 Å². The molecule has 0 heterocycles. The van der Waals surface area contributed by atoms with Crippen LogP contribution in [0, 0.1) is 0 Å². The minimum Gasteiger partial charge on any atom is -0.398 e. The minimum absolute atomic E-state index is 0.256. The van der Waals surface area contributed by atoms with Crippen molar-refractivity contribution in [3.63, 3.8) is 0 Å². The first-order valence-electron chi connectivity index (χ1n) is 5.22. The third-order valence-corrected chi connectivity index (χ3v) is 2.66. The highest BCUT2D eigenvalue weighted by Gasteiger charge is 2.16. The molecule has 1 aromatic carbocycles. The first-order valence-corrected chi connectivity index (χ1v) is 6.34. The van der Waals surface area contributed by atoms with Gasteiger partial charge in [0.1, 0.15) is 7.11 Å². The monoisotopic (exact) mass is 298 g/mol. The number of carbonyl (C=O) groups excluding carboxylic acids is 1. The molecule has 92 valence electrons. The summed E-state index contributed by atoms with van der Waals surface area (Å²) in [5.74, 6) is -0.256. The molecule has 1 aromatic rings. The highest BCUT2D eigenvalue weighted by Crippen LogP contribution is 2.12. The third-order valence-electron chi connectivity index (χ3n) is 2.26. The molecule has 0 saturated carbocycles. The lowest BCUT2D eigenvalue weighted by atomic mass is 10.0. The van der Waals surface area contributed by atoms with Crippen LogP contribution in [0.1, 0.15) is 11.1 Å². The lowest BCUT2D eigenvalue weighted by molar-refractivity contribution is -0.114. The normalized spacial score (nSPS) is 11.1. The summed E-state index contributed by atoms with van der Waals surface area (Å²) in [6, 6.07) is 7.66. The van der Waals surface area contributed by atoms with E-state index >= 15 is 0 Å². The number of rotatable bonds is 5. The number of nitrogens with zero attached hydrogens (tertiary/aromatic N) is 1. The van der Waals surface area contributed by atoms with Crippen LogP contribution in [0.4, 0.5) is 0 Å². The number of amides is 1. The van der Waals surface area contributed by atoms with Crippen LogP contribution < -0.4 is 5.32 Å². The predicted molar refractivity (Wildman–Crippen MR) is 71.6 cm³/mol. The first kappa shape index (κ1) is 13.7. The molecule has 0 radical (unpaired) electrons. The van der Waals surface area contributed by atoms with Crippen molar-refractivity contribution in [2.45, 2.75) is 6.42 Å². The first-order chi connectivity index (χ1) is 8.24. The molecule has 0 bridgehead atoms. The van der Waals surface area contributed by atoms with E-state index in [1.165, 1.54) is 7.11 Å². The third kappa shape index (κ3) is 3.56. The second-order valence-electron chi connectivity index (χ2n) is 3.30. The maximum absolute atomic E-state index is 11.7. The van der Waals surface area contributed by atoms with Crippen molar-refractivity contribution in [1.82, 2.24) is 5.32 Å². The Bertz CT molecular complexity index is 419. The quantitative estimate of drug-likeness (QED) is 0.511. The van der Waals surface area contributed by atoms with Crippen molar-refractivity contribution >= 4 is 27.5 Å². The zero-order chi connectivity index (χ0) is 12.7. The number of nitrogens with one attached hydrogen (secondary N) is 1. The van der Waals surface area contributed by atoms with Crippen LogP contribution in [0.2, 0.25) is 0 Å². The Labute approximate surface area is 109 Å². The van der Waals surface area contributed by atoms with Gasteiger partial charge < -0.3 is 10.2 Å². The number of hydrogen-bond donors (Lipinski definition) is 1. The molecule has 4 nitrogen and oxygen atoms in total. The van der Waals surface area contributed by atoms with Gasteiger partial charge in [0.25, 0.3) is 5.91 Å². The summed E-state index contributed by atoms with van der Waals surface area (Å²) >= 11 is 3.39. The fourth-order valence-electron chi connectivity index (χ4n) is 1.49. The summed E-state index contributed by atoms with van der Waals surface area (Å²) in [6.07, 6.45) is 0.829. The van der Waals surface area contributed by atoms with E-state index in [-0.39, 0.29) is 5.91 Å². The Kier molecular flexibility index (Phi) is 5.69. The molecule has 0 aliphatic rings. The van der Waals surface area contributed by atoms with E-state index in [0.29, 0.717) is 5.71 Å². The maximum atomic E-state index is 11.7. The van der Waals surface area contributed by atoms with Gasteiger partial charge in [0.2, 0.25) is 0 Å². The fourth-order valence-corrected chi connectivity index (χ4v) is 1.92. The zero-order valence-electron chi connectivity index (χ0n) is 9.87. The van der Waals surface area contributed by atoms with Gasteiger partial charge in [-0.3, -0.25) is 4.79 Å². The van der Waals surface area contributed by atoms with E-state index in [2.05, 4.69) is 26.4 Å². The van der Waals surface area contributed by atoms with Crippen molar-refractivity contribution in [3.05, 3.63) is 35.4 Å². The largest absolute Gasteiger partial charge is 0.398 e. The number of oxime groups is 1. The van der Waals surface area contributed by atoms with Crippen LogP contribution >= 0.6 is 15.9 Å². The average molecular weight is 299 g/mol. The van der Waals surface area contributed by atoms with E-state index in [0.717, 1.165) is 22.9 Å². The number of halogens is 1. The number of aryl methyl sites for hydroxylation is 1. The topological polar surface area (TPSA) is 50.7 Å². The van der Waals surface area contributed by atoms with Crippen molar-refractivity contribution < 1.29 is 9.63 Å². The number of likely N-dealkylation sites (N-methyl/N-ethyl adjacent to an activating group) is 1. The Hall–Kier alpha value is -1.36. The van der Waals surface area contributed by atoms with Crippen LogP contribution in [-0.2, 0) is 16.1 Å². The lowest BCUT2D eigenvalue weighted by Crippen LogP contribution is -2.29. The molecule has 0 unspecified atom stereocenters. The molecule has 1 rings (SSSR count). The standard InChI is InChI=1S/C12H15BrN2O2/c1-14-12(16)11(15-17-2)10-6-4-3-5-9(10)7-8-13/h3-6H,7-8H2,1-2H3,(H,14,16)/b15-11+. The van der Waals surface area contributed by atoms with Crippen molar-refractivity contribution in [2.75, 3.05) is 19.5 Å². The summed E-state index contributed by atoms with van der Waals surface area (Å²) < 4.78 is 0. The van der Waals surface area contributed by atoms with Crippen LogP contribution in [0.5, 0.6) is 0 Å². The zero-order valence-corrected chi connectivity index (χ0v) is 11.5. The second-order valence-corrected chi connectivity index (χ2v) is 4.09. The van der Waals surface area contributed by atoms with Crippen LogP contribution in [0.25, 0.3) is 0 Å². The summed E-state index contributed by atoms with van der Waals surface area (Å²) in [4.78, 5) is 16.5. The van der Waals surface area contributed by atoms with Gasteiger partial charge in [-0.15, -0.1) is 0 Å². The highest BCUT2D eigenvalue weighted by molar-refractivity contribution is 9.09. The fraction of sp³-hybridized carbons (Fsp3) is 0.333. The number of benzene rings is 1. The van der Waals surface area contributed by atoms with Gasteiger partial charge in [0, 0.05) is 17.9 Å². The molecule has 0 aromatic heterocycles. The number of alkyl halides is 1. The summed E-state index contributed by atoms with van der Waals surface area (Å²) in [7, 11) is 3.00. The molecular weight excluding hydrogens is 284 g/mol. The summed E-state index contributed by atoms with van der Waals surface area (Å²) in [5, 5.41) is 7.18. The molecule has 0 aliphatic heterocycles. The van der Waals surface area contributed by atoms with Gasteiger partial charge in [-0.2, -0.15) is 0 Å². The Balaban J connectivity index is 3.18. The minimum atomic E-state index is -0.256. The Morgan fingerprint density at radius 2 is 2.18 bits per heavy atom. The van der Waals surface area contributed by atoms with Crippen LogP contribution in [-0.4, -0.2) is 31.1 Å². The molecule has 0 spiro atoms. The number of hydrogen-bond acceptors (Lipinski definition) is 3. The van der Waals surface area contributed by atoms with E-state index in [1.54, 1.807) is 7.05 Å². The van der Waals surface area contributed by atoms with Crippen LogP contribution in [0.3, 0.4) is 0 Å². The molecular formula is C12H15BrN2O2. The molecule has 0 atom stereocenters. The molecule has 5 heteroatoms. The van der Waals surface area contributed by atoms with Gasteiger partial charge in [0.05, 0.1) is 0 Å². The molecule has 17 heavy (non-hydrogen) atoms. The smallest absolute Gasteiger partial charge is 0.273 e. The molecule has 0 saturated heterocycles. The van der Waals surface area contributed by atoms with Gasteiger partial charge in [-0.05, 0) is 12.0 Å². The van der Waals surface area contributed by atoms with Gasteiger partial charge in [0.15, 0.2) is 5.71 Å². The molecule has 1 amide bonds. The predicted octanol–water partition coefficient (Wildman–Crippen LogP) is 1.72. The highest BCUT2D eigenvalue weighted by atomic mass is 79.9. The Morgan fingerprint density at radius 1 is 1.47 bits per heavy atom. The van der Waals surface area contributed by atoms with E-state index in [1.807, 2.05) is 24.3 Å². The summed E-state index contributed by atoms with van der Waals surface area (Å²) in [6.45, 7) is 0. The average Bonchev–Trinajstić information content (AvgIpc) is 2.36. The number of carbonyl (C=O) groups is 1. The van der Waals surface area contributed by atoms with E-state index in [9.17, 15) is 4.79 Å². The van der Waals surface area contributed by atoms with E-state index < -0.39 is 0 Å². The maximum Gasteiger partial charge on any atom is 0.273 e. The van der Waals surface area contributed by atoms with Gasteiger partial charge in [-0.1, -0.05) is 45.4 Å². The van der Waals surface area contributed by atoms with Crippen molar-refractivity contribution in [2.24, 2.45) is 5.16 Å². The Morgan fingerprint density at radius 3 is 2.76 bits per heavy atom. The molecule has 0 aliphatic carbocycles. The van der Waals surface area contributed by atoms with Crippen LogP contribution in [0.15, 0.2) is 29.4 Å². The molecule has 1 N–H and O–H groups in total. The SMILES string of the molecule is CNC(=O)/C(=N/OC)c1ccccc1CCBr. The van der Waals surface area contributed by atoms with Gasteiger partial charge >= 0.3 is 0 Å². The van der Waals surface area contributed by atoms with Gasteiger partial charge in [-0.25, -0.2) is 0 Å². The van der Waals surface area contributed by atoms with Crippen molar-refractivity contribution in [3.8, 4) is 0 Å².